The lowest BCUT2D eigenvalue weighted by Gasteiger charge is -2.12. The van der Waals surface area contributed by atoms with E-state index in [0.29, 0.717) is 6.42 Å². The molecule has 0 saturated heterocycles. The number of rotatable bonds is 4. The van der Waals surface area contributed by atoms with E-state index in [1.165, 1.54) is 5.56 Å². The highest BCUT2D eigenvalue weighted by Gasteiger charge is 2.05. The standard InChI is InChI=1S/C11H13BrN2/c1-2-4-11(14-13)8-9-5-3-6-10(12)7-9/h1,3,5-7,11,14H,4,8,13H2. The number of halogens is 1. The van der Waals surface area contributed by atoms with E-state index in [1.807, 2.05) is 12.1 Å². The molecule has 0 radical (unpaired) electrons. The average molecular weight is 253 g/mol. The van der Waals surface area contributed by atoms with Crippen LogP contribution in [0.15, 0.2) is 28.7 Å². The third-order valence-electron chi connectivity index (χ3n) is 1.97. The van der Waals surface area contributed by atoms with E-state index in [2.05, 4.69) is 39.4 Å². The molecule has 0 aliphatic carbocycles. The van der Waals surface area contributed by atoms with Crippen molar-refractivity contribution in [2.75, 3.05) is 0 Å². The van der Waals surface area contributed by atoms with Crippen LogP contribution in [-0.2, 0) is 6.42 Å². The first-order valence-electron chi connectivity index (χ1n) is 4.40. The Kier molecular flexibility index (Phi) is 4.68. The average Bonchev–Trinajstić information content (AvgIpc) is 2.17. The van der Waals surface area contributed by atoms with Crippen LogP contribution in [0.2, 0.25) is 0 Å². The van der Waals surface area contributed by atoms with Crippen LogP contribution >= 0.6 is 15.9 Å². The summed E-state index contributed by atoms with van der Waals surface area (Å²) in [5.74, 6) is 7.99. The van der Waals surface area contributed by atoms with Crippen molar-refractivity contribution in [3.05, 3.63) is 34.3 Å². The van der Waals surface area contributed by atoms with Crippen molar-refractivity contribution < 1.29 is 0 Å². The quantitative estimate of drug-likeness (QED) is 0.488. The summed E-state index contributed by atoms with van der Waals surface area (Å²) in [7, 11) is 0. The van der Waals surface area contributed by atoms with Gasteiger partial charge in [0.2, 0.25) is 0 Å². The van der Waals surface area contributed by atoms with Crippen LogP contribution < -0.4 is 11.3 Å². The third kappa shape index (κ3) is 3.51. The van der Waals surface area contributed by atoms with E-state index >= 15 is 0 Å². The van der Waals surface area contributed by atoms with Gasteiger partial charge in [-0.2, -0.15) is 0 Å². The maximum absolute atomic E-state index is 5.39. The highest BCUT2D eigenvalue weighted by atomic mass is 79.9. The van der Waals surface area contributed by atoms with Gasteiger partial charge in [0.1, 0.15) is 0 Å². The number of nitrogens with one attached hydrogen (secondary N) is 1. The molecule has 3 heteroatoms. The maximum Gasteiger partial charge on any atom is 0.0360 e. The predicted octanol–water partition coefficient (Wildman–Crippen LogP) is 1.85. The lowest BCUT2D eigenvalue weighted by molar-refractivity contribution is 0.537. The van der Waals surface area contributed by atoms with Crippen LogP contribution in [0.4, 0.5) is 0 Å². The second-order valence-corrected chi connectivity index (χ2v) is 4.02. The Labute approximate surface area is 93.0 Å². The van der Waals surface area contributed by atoms with Gasteiger partial charge in [0, 0.05) is 16.9 Å². The van der Waals surface area contributed by atoms with Gasteiger partial charge in [0.05, 0.1) is 0 Å². The minimum Gasteiger partial charge on any atom is -0.271 e. The Morgan fingerprint density at radius 3 is 2.93 bits per heavy atom. The van der Waals surface area contributed by atoms with E-state index in [0.717, 1.165) is 10.9 Å². The van der Waals surface area contributed by atoms with Gasteiger partial charge in [-0.1, -0.05) is 28.1 Å². The molecule has 0 heterocycles. The second kappa shape index (κ2) is 5.82. The number of benzene rings is 1. The van der Waals surface area contributed by atoms with E-state index < -0.39 is 0 Å². The molecule has 1 aromatic carbocycles. The van der Waals surface area contributed by atoms with E-state index in [4.69, 9.17) is 12.3 Å². The molecule has 0 amide bonds. The molecule has 0 bridgehead atoms. The fraction of sp³-hybridized carbons (Fsp3) is 0.273. The van der Waals surface area contributed by atoms with Crippen LogP contribution in [0.5, 0.6) is 0 Å². The van der Waals surface area contributed by atoms with Crippen LogP contribution in [0.25, 0.3) is 0 Å². The van der Waals surface area contributed by atoms with Crippen molar-refractivity contribution in [1.29, 1.82) is 0 Å². The number of terminal acetylenes is 1. The Hall–Kier alpha value is -0.820. The summed E-state index contributed by atoms with van der Waals surface area (Å²) < 4.78 is 1.08. The molecule has 0 spiro atoms. The van der Waals surface area contributed by atoms with Crippen LogP contribution in [0, 0.1) is 12.3 Å². The van der Waals surface area contributed by atoms with Gasteiger partial charge >= 0.3 is 0 Å². The molecule has 14 heavy (non-hydrogen) atoms. The summed E-state index contributed by atoms with van der Waals surface area (Å²) in [4.78, 5) is 0. The summed E-state index contributed by atoms with van der Waals surface area (Å²) >= 11 is 3.42. The molecule has 74 valence electrons. The molecular formula is C11H13BrN2. The Morgan fingerprint density at radius 2 is 2.36 bits per heavy atom. The molecule has 1 aromatic rings. The molecule has 0 fully saturated rings. The highest BCUT2D eigenvalue weighted by molar-refractivity contribution is 9.10. The summed E-state index contributed by atoms with van der Waals surface area (Å²) in [5, 5.41) is 0. The number of hydrazine groups is 1. The van der Waals surface area contributed by atoms with Crippen molar-refractivity contribution in [3.63, 3.8) is 0 Å². The Morgan fingerprint density at radius 1 is 1.57 bits per heavy atom. The summed E-state index contributed by atoms with van der Waals surface area (Å²) in [6.07, 6.45) is 6.72. The SMILES string of the molecule is C#CCC(Cc1cccc(Br)c1)NN. The lowest BCUT2D eigenvalue weighted by Crippen LogP contribution is -2.36. The van der Waals surface area contributed by atoms with Crippen LogP contribution in [0.3, 0.4) is 0 Å². The monoisotopic (exact) mass is 252 g/mol. The zero-order valence-electron chi connectivity index (χ0n) is 7.83. The van der Waals surface area contributed by atoms with Crippen molar-refractivity contribution in [1.82, 2.24) is 5.43 Å². The molecule has 1 atom stereocenters. The number of hydrogen-bond donors (Lipinski definition) is 2. The van der Waals surface area contributed by atoms with E-state index in [-0.39, 0.29) is 6.04 Å². The molecule has 1 rings (SSSR count). The molecule has 0 saturated carbocycles. The Bertz CT molecular complexity index is 330. The molecule has 1 unspecified atom stereocenters. The molecule has 0 aromatic heterocycles. The van der Waals surface area contributed by atoms with Gasteiger partial charge in [0.15, 0.2) is 0 Å². The number of nitrogens with two attached hydrogens (primary N) is 1. The van der Waals surface area contributed by atoms with Gasteiger partial charge in [-0.3, -0.25) is 11.3 Å². The normalized spacial score (nSPS) is 12.1. The van der Waals surface area contributed by atoms with Gasteiger partial charge in [-0.25, -0.2) is 0 Å². The fourth-order valence-electron chi connectivity index (χ4n) is 1.28. The minimum absolute atomic E-state index is 0.147. The topological polar surface area (TPSA) is 38.0 Å². The summed E-state index contributed by atoms with van der Waals surface area (Å²) in [6, 6.07) is 8.28. The second-order valence-electron chi connectivity index (χ2n) is 3.11. The van der Waals surface area contributed by atoms with Crippen molar-refractivity contribution in [2.24, 2.45) is 5.84 Å². The highest BCUT2D eigenvalue weighted by Crippen LogP contribution is 2.13. The van der Waals surface area contributed by atoms with E-state index in [9.17, 15) is 0 Å². The molecular weight excluding hydrogens is 240 g/mol. The predicted molar refractivity (Wildman–Crippen MR) is 62.4 cm³/mol. The van der Waals surface area contributed by atoms with Crippen molar-refractivity contribution in [2.45, 2.75) is 18.9 Å². The maximum atomic E-state index is 5.39. The summed E-state index contributed by atoms with van der Waals surface area (Å²) in [5.41, 5.74) is 3.93. The summed E-state index contributed by atoms with van der Waals surface area (Å²) in [6.45, 7) is 0. The molecule has 0 aliphatic rings. The van der Waals surface area contributed by atoms with Crippen LogP contribution in [-0.4, -0.2) is 6.04 Å². The fourth-order valence-corrected chi connectivity index (χ4v) is 1.73. The first kappa shape index (κ1) is 11.3. The zero-order chi connectivity index (χ0) is 10.4. The minimum atomic E-state index is 0.147. The first-order valence-corrected chi connectivity index (χ1v) is 5.19. The molecule has 3 N–H and O–H groups in total. The van der Waals surface area contributed by atoms with Gasteiger partial charge < -0.3 is 0 Å². The van der Waals surface area contributed by atoms with Crippen LogP contribution in [0.1, 0.15) is 12.0 Å². The number of hydrogen-bond acceptors (Lipinski definition) is 2. The largest absolute Gasteiger partial charge is 0.271 e. The Balaban J connectivity index is 2.63. The zero-order valence-corrected chi connectivity index (χ0v) is 9.42. The third-order valence-corrected chi connectivity index (χ3v) is 2.46. The van der Waals surface area contributed by atoms with Gasteiger partial charge in [-0.05, 0) is 24.1 Å². The molecule has 0 aliphatic heterocycles. The van der Waals surface area contributed by atoms with Crippen molar-refractivity contribution in [3.8, 4) is 12.3 Å². The van der Waals surface area contributed by atoms with Crippen molar-refractivity contribution >= 4 is 15.9 Å². The molecule has 2 nitrogen and oxygen atoms in total. The van der Waals surface area contributed by atoms with Gasteiger partial charge in [-0.15, -0.1) is 12.3 Å². The lowest BCUT2D eigenvalue weighted by atomic mass is 10.0. The van der Waals surface area contributed by atoms with E-state index in [1.54, 1.807) is 0 Å². The van der Waals surface area contributed by atoms with Gasteiger partial charge in [0.25, 0.3) is 0 Å². The first-order chi connectivity index (χ1) is 6.76. The smallest absolute Gasteiger partial charge is 0.0360 e.